The molecular formula is C12H11NO4. The molecule has 0 radical (unpaired) electrons. The van der Waals surface area contributed by atoms with Gasteiger partial charge in [-0.1, -0.05) is 6.07 Å². The van der Waals surface area contributed by atoms with E-state index in [0.717, 1.165) is 0 Å². The number of phenols is 1. The fourth-order valence-corrected chi connectivity index (χ4v) is 1.72. The van der Waals surface area contributed by atoms with Crippen molar-refractivity contribution in [3.05, 3.63) is 24.4 Å². The zero-order chi connectivity index (χ0) is 12.6. The maximum atomic E-state index is 11.4. The molecule has 0 aliphatic carbocycles. The Kier molecular flexibility index (Phi) is 2.59. The molecule has 17 heavy (non-hydrogen) atoms. The van der Waals surface area contributed by atoms with Crippen molar-refractivity contribution in [2.45, 2.75) is 13.8 Å². The molecule has 0 spiro atoms. The van der Waals surface area contributed by atoms with Crippen molar-refractivity contribution < 1.29 is 19.4 Å². The Balaban J connectivity index is 2.75. The molecule has 1 aromatic heterocycles. The molecule has 0 bridgehead atoms. The lowest BCUT2D eigenvalue weighted by molar-refractivity contribution is -0.131. The minimum Gasteiger partial charge on any atom is -0.506 e. The van der Waals surface area contributed by atoms with E-state index in [-0.39, 0.29) is 17.4 Å². The fourth-order valence-electron chi connectivity index (χ4n) is 1.72. The summed E-state index contributed by atoms with van der Waals surface area (Å²) in [6, 6.07) is 4.77. The first-order chi connectivity index (χ1) is 8.00. The quantitative estimate of drug-likeness (QED) is 0.764. The molecule has 0 saturated carbocycles. The van der Waals surface area contributed by atoms with Crippen LogP contribution in [0.25, 0.3) is 10.9 Å². The number of esters is 1. The maximum absolute atomic E-state index is 11.4. The number of hydrogen-bond donors (Lipinski definition) is 1. The molecule has 1 aromatic carbocycles. The van der Waals surface area contributed by atoms with Crippen molar-refractivity contribution in [2.75, 3.05) is 0 Å². The predicted octanol–water partition coefficient (Wildman–Crippen LogP) is 1.93. The van der Waals surface area contributed by atoms with Crippen LogP contribution in [0.4, 0.5) is 0 Å². The lowest BCUT2D eigenvalue weighted by Crippen LogP contribution is -2.04. The summed E-state index contributed by atoms with van der Waals surface area (Å²) in [4.78, 5) is 22.4. The first-order valence-corrected chi connectivity index (χ1v) is 5.03. The van der Waals surface area contributed by atoms with Gasteiger partial charge in [-0.15, -0.1) is 0 Å². The molecule has 5 nitrogen and oxygen atoms in total. The first kappa shape index (κ1) is 11.2. The molecule has 0 unspecified atom stereocenters. The van der Waals surface area contributed by atoms with Gasteiger partial charge in [-0.3, -0.25) is 14.2 Å². The van der Waals surface area contributed by atoms with Crippen LogP contribution in [0.1, 0.15) is 18.6 Å². The summed E-state index contributed by atoms with van der Waals surface area (Å²) in [5, 5.41) is 10.3. The number of para-hydroxylation sites is 1. The third kappa shape index (κ3) is 1.87. The summed E-state index contributed by atoms with van der Waals surface area (Å²) >= 11 is 0. The standard InChI is InChI=1S/C12H11NO4/c1-7(14)13-6-11(17-8(2)15)9-4-3-5-10(16)12(9)13/h3-6,16H,1-2H3. The summed E-state index contributed by atoms with van der Waals surface area (Å²) in [5.41, 5.74) is 0.344. The van der Waals surface area contributed by atoms with Crippen LogP contribution < -0.4 is 4.74 Å². The van der Waals surface area contributed by atoms with Crippen LogP contribution in [0.3, 0.4) is 0 Å². The molecule has 1 N–H and O–H groups in total. The van der Waals surface area contributed by atoms with E-state index in [1.807, 2.05) is 0 Å². The van der Waals surface area contributed by atoms with Crippen LogP contribution in [0.2, 0.25) is 0 Å². The molecule has 5 heteroatoms. The van der Waals surface area contributed by atoms with E-state index in [1.165, 1.54) is 30.7 Å². The molecule has 88 valence electrons. The van der Waals surface area contributed by atoms with Gasteiger partial charge < -0.3 is 9.84 Å². The summed E-state index contributed by atoms with van der Waals surface area (Å²) in [6.45, 7) is 2.64. The lowest BCUT2D eigenvalue weighted by atomic mass is 10.2. The van der Waals surface area contributed by atoms with Gasteiger partial charge >= 0.3 is 5.97 Å². The Hall–Kier alpha value is -2.30. The van der Waals surface area contributed by atoms with E-state index in [2.05, 4.69) is 0 Å². The van der Waals surface area contributed by atoms with E-state index >= 15 is 0 Å². The number of carbonyl (C=O) groups excluding carboxylic acids is 2. The van der Waals surface area contributed by atoms with Crippen molar-refractivity contribution >= 4 is 22.8 Å². The van der Waals surface area contributed by atoms with Gasteiger partial charge in [0.2, 0.25) is 5.91 Å². The fraction of sp³-hybridized carbons (Fsp3) is 0.167. The highest BCUT2D eigenvalue weighted by Crippen LogP contribution is 2.33. The Morgan fingerprint density at radius 3 is 2.59 bits per heavy atom. The number of nitrogens with zero attached hydrogens (tertiary/aromatic N) is 1. The highest BCUT2D eigenvalue weighted by molar-refractivity contribution is 5.99. The minimum atomic E-state index is -0.476. The van der Waals surface area contributed by atoms with Crippen LogP contribution in [0, 0.1) is 0 Å². The van der Waals surface area contributed by atoms with Gasteiger partial charge in [0.15, 0.2) is 5.75 Å². The number of fused-ring (bicyclic) bond motifs is 1. The molecule has 1 heterocycles. The van der Waals surface area contributed by atoms with Crippen molar-refractivity contribution in [3.8, 4) is 11.5 Å². The van der Waals surface area contributed by atoms with Crippen molar-refractivity contribution in [1.29, 1.82) is 0 Å². The lowest BCUT2D eigenvalue weighted by Gasteiger charge is -2.00. The van der Waals surface area contributed by atoms with E-state index in [9.17, 15) is 14.7 Å². The number of carbonyl (C=O) groups is 2. The number of aromatic hydroxyl groups is 1. The summed E-state index contributed by atoms with van der Waals surface area (Å²) in [7, 11) is 0. The number of rotatable bonds is 1. The second-order valence-electron chi connectivity index (χ2n) is 3.65. The number of phenolic OH excluding ortho intramolecular Hbond substituents is 1. The molecule has 0 aliphatic heterocycles. The van der Waals surface area contributed by atoms with Crippen molar-refractivity contribution in [1.82, 2.24) is 4.57 Å². The Bertz CT molecular complexity index is 612. The van der Waals surface area contributed by atoms with Gasteiger partial charge in [-0.05, 0) is 12.1 Å². The SMILES string of the molecule is CC(=O)Oc1cn(C(C)=O)c2c(O)cccc12. The average Bonchev–Trinajstić information content (AvgIpc) is 2.58. The number of ether oxygens (including phenoxy) is 1. The molecule has 2 rings (SSSR count). The van der Waals surface area contributed by atoms with Crippen LogP contribution in [-0.4, -0.2) is 21.6 Å². The predicted molar refractivity (Wildman–Crippen MR) is 61.2 cm³/mol. The average molecular weight is 233 g/mol. The van der Waals surface area contributed by atoms with Gasteiger partial charge in [0.05, 0.1) is 6.20 Å². The topological polar surface area (TPSA) is 68.5 Å². The third-order valence-corrected chi connectivity index (χ3v) is 2.36. The van der Waals surface area contributed by atoms with Crippen molar-refractivity contribution in [2.24, 2.45) is 0 Å². The second-order valence-corrected chi connectivity index (χ2v) is 3.65. The second kappa shape index (κ2) is 3.93. The summed E-state index contributed by atoms with van der Waals surface area (Å²) in [6.07, 6.45) is 1.40. The molecule has 0 aliphatic rings. The molecule has 0 fully saturated rings. The van der Waals surface area contributed by atoms with E-state index in [1.54, 1.807) is 12.1 Å². The van der Waals surface area contributed by atoms with Crippen LogP contribution >= 0.6 is 0 Å². The number of benzene rings is 1. The van der Waals surface area contributed by atoms with Gasteiger partial charge in [-0.2, -0.15) is 0 Å². The van der Waals surface area contributed by atoms with Gasteiger partial charge in [-0.25, -0.2) is 0 Å². The van der Waals surface area contributed by atoms with E-state index < -0.39 is 5.97 Å². The normalized spacial score (nSPS) is 10.5. The number of aromatic nitrogens is 1. The Morgan fingerprint density at radius 1 is 1.29 bits per heavy atom. The third-order valence-electron chi connectivity index (χ3n) is 2.36. The zero-order valence-corrected chi connectivity index (χ0v) is 9.43. The largest absolute Gasteiger partial charge is 0.506 e. The highest BCUT2D eigenvalue weighted by atomic mass is 16.5. The van der Waals surface area contributed by atoms with E-state index in [4.69, 9.17) is 4.74 Å². The molecule has 0 amide bonds. The highest BCUT2D eigenvalue weighted by Gasteiger charge is 2.16. The first-order valence-electron chi connectivity index (χ1n) is 5.03. The maximum Gasteiger partial charge on any atom is 0.308 e. The minimum absolute atomic E-state index is 0.0314. The Labute approximate surface area is 97.2 Å². The molecule has 0 atom stereocenters. The summed E-state index contributed by atoms with van der Waals surface area (Å²) in [5.74, 6) is -0.513. The van der Waals surface area contributed by atoms with E-state index in [0.29, 0.717) is 10.9 Å². The molecule has 2 aromatic rings. The van der Waals surface area contributed by atoms with Gasteiger partial charge in [0.1, 0.15) is 11.3 Å². The van der Waals surface area contributed by atoms with Gasteiger partial charge in [0.25, 0.3) is 0 Å². The smallest absolute Gasteiger partial charge is 0.308 e. The van der Waals surface area contributed by atoms with Crippen LogP contribution in [0.5, 0.6) is 11.5 Å². The monoisotopic (exact) mass is 233 g/mol. The molecule has 0 saturated heterocycles. The van der Waals surface area contributed by atoms with Crippen molar-refractivity contribution in [3.63, 3.8) is 0 Å². The van der Waals surface area contributed by atoms with Crippen LogP contribution in [0.15, 0.2) is 24.4 Å². The summed E-state index contributed by atoms with van der Waals surface area (Å²) < 4.78 is 6.24. The van der Waals surface area contributed by atoms with Gasteiger partial charge in [0, 0.05) is 19.2 Å². The number of hydrogen-bond acceptors (Lipinski definition) is 4. The zero-order valence-electron chi connectivity index (χ0n) is 9.43. The molecular weight excluding hydrogens is 222 g/mol. The van der Waals surface area contributed by atoms with Crippen LogP contribution in [-0.2, 0) is 4.79 Å². The Morgan fingerprint density at radius 2 is 2.00 bits per heavy atom.